The number of aliphatic hydroxyl groups is 1. The second-order valence-electron chi connectivity index (χ2n) is 4.45. The van der Waals surface area contributed by atoms with E-state index in [0.29, 0.717) is 16.6 Å². The number of rotatable bonds is 3. The van der Waals surface area contributed by atoms with Crippen LogP contribution < -0.4 is 0 Å². The van der Waals surface area contributed by atoms with Gasteiger partial charge in [-0.2, -0.15) is 0 Å². The fraction of sp³-hybridized carbons (Fsp3) is 0.133. The van der Waals surface area contributed by atoms with Crippen molar-refractivity contribution in [1.29, 1.82) is 0 Å². The molecule has 0 amide bonds. The van der Waals surface area contributed by atoms with E-state index in [2.05, 4.69) is 4.98 Å². The van der Waals surface area contributed by atoms with Crippen molar-refractivity contribution in [2.45, 2.75) is 6.54 Å². The van der Waals surface area contributed by atoms with Gasteiger partial charge in [0.2, 0.25) is 0 Å². The van der Waals surface area contributed by atoms with Crippen molar-refractivity contribution in [2.24, 2.45) is 0 Å². The summed E-state index contributed by atoms with van der Waals surface area (Å²) in [6.07, 6.45) is 0. The third-order valence-electron chi connectivity index (χ3n) is 3.14. The lowest BCUT2D eigenvalue weighted by Crippen LogP contribution is -2.04. The molecule has 0 aliphatic heterocycles. The monoisotopic (exact) mass is 306 g/mol. The van der Waals surface area contributed by atoms with Gasteiger partial charge in [-0.25, -0.2) is 4.98 Å². The van der Waals surface area contributed by atoms with Crippen molar-refractivity contribution in [2.75, 3.05) is 6.61 Å². The van der Waals surface area contributed by atoms with E-state index in [1.54, 1.807) is 0 Å². The number of benzene rings is 2. The Labute approximate surface area is 126 Å². The zero-order valence-electron chi connectivity index (χ0n) is 10.6. The third-order valence-corrected chi connectivity index (χ3v) is 3.62. The molecule has 0 saturated heterocycles. The van der Waals surface area contributed by atoms with Crippen molar-refractivity contribution in [3.05, 3.63) is 52.5 Å². The maximum atomic E-state index is 9.28. The van der Waals surface area contributed by atoms with Gasteiger partial charge in [0.25, 0.3) is 0 Å². The van der Waals surface area contributed by atoms with Crippen LogP contribution in [0.1, 0.15) is 0 Å². The molecule has 3 rings (SSSR count). The zero-order chi connectivity index (χ0) is 14.1. The molecule has 20 heavy (non-hydrogen) atoms. The standard InChI is InChI=1S/C15H12Cl2N2O/c16-11-3-1-10(2-4-11)15-18-13-6-5-12(17)9-14(13)19(15)7-8-20/h1-6,9,20H,7-8H2. The maximum Gasteiger partial charge on any atom is 0.141 e. The molecular formula is C15H12Cl2N2O. The molecule has 0 aliphatic rings. The summed E-state index contributed by atoms with van der Waals surface area (Å²) < 4.78 is 1.96. The van der Waals surface area contributed by atoms with Gasteiger partial charge in [0.15, 0.2) is 0 Å². The highest BCUT2D eigenvalue weighted by Gasteiger charge is 2.12. The number of hydrogen-bond donors (Lipinski definition) is 1. The van der Waals surface area contributed by atoms with Crippen LogP contribution in [0.15, 0.2) is 42.5 Å². The van der Waals surface area contributed by atoms with Gasteiger partial charge in [0.1, 0.15) is 5.82 Å². The van der Waals surface area contributed by atoms with E-state index in [1.165, 1.54) is 0 Å². The number of hydrogen-bond acceptors (Lipinski definition) is 2. The molecule has 0 aliphatic carbocycles. The van der Waals surface area contributed by atoms with E-state index >= 15 is 0 Å². The average Bonchev–Trinajstić information content (AvgIpc) is 2.79. The van der Waals surface area contributed by atoms with E-state index in [1.807, 2.05) is 47.0 Å². The first-order valence-corrected chi connectivity index (χ1v) is 6.97. The van der Waals surface area contributed by atoms with Crippen molar-refractivity contribution < 1.29 is 5.11 Å². The number of aromatic nitrogens is 2. The molecule has 0 radical (unpaired) electrons. The van der Waals surface area contributed by atoms with Crippen LogP contribution in [0.2, 0.25) is 10.0 Å². The molecule has 5 heteroatoms. The first-order chi connectivity index (χ1) is 9.69. The smallest absolute Gasteiger partial charge is 0.141 e. The van der Waals surface area contributed by atoms with Crippen molar-refractivity contribution in [1.82, 2.24) is 9.55 Å². The minimum atomic E-state index is 0.0402. The first-order valence-electron chi connectivity index (χ1n) is 6.21. The van der Waals surface area contributed by atoms with Gasteiger partial charge in [-0.15, -0.1) is 0 Å². The largest absolute Gasteiger partial charge is 0.395 e. The number of aliphatic hydroxyl groups excluding tert-OH is 1. The Hall–Kier alpha value is -1.55. The van der Waals surface area contributed by atoms with Gasteiger partial charge in [-0.05, 0) is 42.5 Å². The van der Waals surface area contributed by atoms with Crippen LogP contribution >= 0.6 is 23.2 Å². The Morgan fingerprint density at radius 1 is 1.00 bits per heavy atom. The molecule has 0 atom stereocenters. The number of imidazole rings is 1. The molecule has 2 aromatic carbocycles. The quantitative estimate of drug-likeness (QED) is 0.794. The van der Waals surface area contributed by atoms with Crippen LogP contribution in [0.3, 0.4) is 0 Å². The molecule has 0 fully saturated rings. The highest BCUT2D eigenvalue weighted by molar-refractivity contribution is 6.31. The number of nitrogens with zero attached hydrogens (tertiary/aromatic N) is 2. The fourth-order valence-electron chi connectivity index (χ4n) is 2.24. The molecule has 1 heterocycles. The highest BCUT2D eigenvalue weighted by Crippen LogP contribution is 2.27. The molecule has 0 spiro atoms. The Balaban J connectivity index is 2.23. The normalized spacial score (nSPS) is 11.2. The minimum absolute atomic E-state index is 0.0402. The van der Waals surface area contributed by atoms with Gasteiger partial charge in [0.05, 0.1) is 17.6 Å². The summed E-state index contributed by atoms with van der Waals surface area (Å²) >= 11 is 12.0. The lowest BCUT2D eigenvalue weighted by molar-refractivity contribution is 0.278. The fourth-order valence-corrected chi connectivity index (χ4v) is 2.53. The maximum absolute atomic E-state index is 9.28. The van der Waals surface area contributed by atoms with E-state index in [9.17, 15) is 5.11 Å². The van der Waals surface area contributed by atoms with E-state index in [0.717, 1.165) is 22.4 Å². The third kappa shape index (κ3) is 2.40. The Kier molecular flexibility index (Phi) is 3.66. The summed E-state index contributed by atoms with van der Waals surface area (Å²) in [5.74, 6) is 0.799. The molecule has 3 aromatic rings. The van der Waals surface area contributed by atoms with Crippen LogP contribution in [0.5, 0.6) is 0 Å². The van der Waals surface area contributed by atoms with Crippen molar-refractivity contribution in [3.63, 3.8) is 0 Å². The van der Waals surface area contributed by atoms with Crippen molar-refractivity contribution >= 4 is 34.2 Å². The van der Waals surface area contributed by atoms with Crippen LogP contribution in [-0.4, -0.2) is 21.3 Å². The lowest BCUT2D eigenvalue weighted by Gasteiger charge is -2.07. The molecule has 0 bridgehead atoms. The summed E-state index contributed by atoms with van der Waals surface area (Å²) in [7, 11) is 0. The van der Waals surface area contributed by atoms with Crippen LogP contribution in [0, 0.1) is 0 Å². The molecular weight excluding hydrogens is 295 g/mol. The van der Waals surface area contributed by atoms with Crippen molar-refractivity contribution in [3.8, 4) is 11.4 Å². The summed E-state index contributed by atoms with van der Waals surface area (Å²) in [5, 5.41) is 10.6. The molecule has 3 nitrogen and oxygen atoms in total. The van der Waals surface area contributed by atoms with Gasteiger partial charge < -0.3 is 9.67 Å². The Morgan fingerprint density at radius 2 is 1.70 bits per heavy atom. The molecule has 1 aromatic heterocycles. The zero-order valence-corrected chi connectivity index (χ0v) is 12.1. The minimum Gasteiger partial charge on any atom is -0.395 e. The predicted molar refractivity (Wildman–Crippen MR) is 82.3 cm³/mol. The number of halogens is 2. The topological polar surface area (TPSA) is 38.0 Å². The summed E-state index contributed by atoms with van der Waals surface area (Å²) in [4.78, 5) is 4.62. The molecule has 102 valence electrons. The lowest BCUT2D eigenvalue weighted by atomic mass is 10.2. The van der Waals surface area contributed by atoms with Crippen LogP contribution in [0.25, 0.3) is 22.4 Å². The highest BCUT2D eigenvalue weighted by atomic mass is 35.5. The Morgan fingerprint density at radius 3 is 2.40 bits per heavy atom. The van der Waals surface area contributed by atoms with Gasteiger partial charge in [-0.1, -0.05) is 23.2 Å². The van der Waals surface area contributed by atoms with Crippen LogP contribution in [-0.2, 0) is 6.54 Å². The molecule has 0 saturated carbocycles. The van der Waals surface area contributed by atoms with E-state index < -0.39 is 0 Å². The summed E-state index contributed by atoms with van der Waals surface area (Å²) in [6.45, 7) is 0.507. The van der Waals surface area contributed by atoms with Crippen LogP contribution in [0.4, 0.5) is 0 Å². The average molecular weight is 307 g/mol. The summed E-state index contributed by atoms with van der Waals surface area (Å²) in [6, 6.07) is 13.0. The molecule has 0 unspecified atom stereocenters. The SMILES string of the molecule is OCCn1c(-c2ccc(Cl)cc2)nc2ccc(Cl)cc21. The predicted octanol–water partition coefficient (Wildman–Crippen LogP) is 4.00. The first kappa shape index (κ1) is 13.4. The second kappa shape index (κ2) is 5.44. The van der Waals surface area contributed by atoms with E-state index in [-0.39, 0.29) is 6.61 Å². The van der Waals surface area contributed by atoms with Gasteiger partial charge >= 0.3 is 0 Å². The second-order valence-corrected chi connectivity index (χ2v) is 5.32. The summed E-state index contributed by atoms with van der Waals surface area (Å²) in [5.41, 5.74) is 2.72. The molecule has 1 N–H and O–H groups in total. The van der Waals surface area contributed by atoms with E-state index in [4.69, 9.17) is 23.2 Å². The Bertz CT molecular complexity index is 750. The van der Waals surface area contributed by atoms with Gasteiger partial charge in [0, 0.05) is 22.2 Å². The van der Waals surface area contributed by atoms with Gasteiger partial charge in [-0.3, -0.25) is 0 Å². The number of fused-ring (bicyclic) bond motifs is 1.